The maximum Gasteiger partial charge on any atom is 0.416 e. The van der Waals surface area contributed by atoms with E-state index in [9.17, 15) is 49.9 Å². The second-order valence-corrected chi connectivity index (χ2v) is 11.7. The van der Waals surface area contributed by atoms with E-state index in [0.717, 1.165) is 24.3 Å². The number of benzene rings is 2. The normalized spacial score (nSPS) is 10.4. The molecular formula is C37H60F7N3O6. The maximum absolute atomic E-state index is 12.6. The van der Waals surface area contributed by atoms with Crippen molar-refractivity contribution < 1.29 is 59.4 Å². The summed E-state index contributed by atoms with van der Waals surface area (Å²) in [4.78, 5) is 41.3. The summed E-state index contributed by atoms with van der Waals surface area (Å²) in [6, 6.07) is 4.36. The van der Waals surface area contributed by atoms with Gasteiger partial charge in [-0.1, -0.05) is 60.8 Å². The highest BCUT2D eigenvalue weighted by Gasteiger charge is 2.31. The van der Waals surface area contributed by atoms with Gasteiger partial charge in [0, 0.05) is 11.3 Å². The number of hydrogen-bond donors (Lipinski definition) is 3. The van der Waals surface area contributed by atoms with Gasteiger partial charge in [-0.2, -0.15) is 26.3 Å². The van der Waals surface area contributed by atoms with Crippen LogP contribution in [-0.2, 0) is 31.4 Å². The number of hydrogen-bond acceptors (Lipinski definition) is 9. The standard InChI is InChI=1S/C8H4F4O.C8H6F3NO.2C6H13NO2.C5H12.2C2H6/c9-7-3-6(8(10,11)12)2-1-5(7)4-13;9-8(10,11)6-2-1-5(4-13)7(12)3-6;2*1-6(2,3)9-5(8)4-7;1-3-5-4-2;2*1-2/h1-4H;1-4H,12H2;2*4,7H2,1-3H3;3-5H2,1-2H3;2*1-2H3. The molecule has 2 aromatic rings. The van der Waals surface area contributed by atoms with Crippen LogP contribution in [0.15, 0.2) is 36.4 Å². The van der Waals surface area contributed by atoms with Crippen molar-refractivity contribution in [2.45, 2.75) is 126 Å². The van der Waals surface area contributed by atoms with E-state index in [1.54, 1.807) is 41.5 Å². The van der Waals surface area contributed by atoms with E-state index in [-0.39, 0.29) is 48.1 Å². The molecule has 0 heterocycles. The molecule has 0 radical (unpaired) electrons. The minimum atomic E-state index is -4.58. The topological polar surface area (TPSA) is 165 Å². The predicted octanol–water partition coefficient (Wildman–Crippen LogP) is 9.58. The number of unbranched alkanes of at least 4 members (excludes halogenated alkanes) is 2. The Bertz CT molecular complexity index is 1190. The van der Waals surface area contributed by atoms with Crippen molar-refractivity contribution in [2.24, 2.45) is 11.5 Å². The highest BCUT2D eigenvalue weighted by molar-refractivity contribution is 5.83. The number of aldehydes is 2. The molecule has 308 valence electrons. The smallest absolute Gasteiger partial charge is 0.416 e. The molecular weight excluding hydrogens is 715 g/mol. The van der Waals surface area contributed by atoms with E-state index in [1.165, 1.54) is 19.3 Å². The molecule has 16 heteroatoms. The first-order valence-corrected chi connectivity index (χ1v) is 16.8. The molecule has 0 aliphatic rings. The summed E-state index contributed by atoms with van der Waals surface area (Å²) in [6.45, 7) is 23.2. The third-order valence-electron chi connectivity index (χ3n) is 4.88. The van der Waals surface area contributed by atoms with Gasteiger partial charge in [0.2, 0.25) is 0 Å². The van der Waals surface area contributed by atoms with E-state index < -0.39 is 40.5 Å². The van der Waals surface area contributed by atoms with Crippen molar-refractivity contribution in [3.8, 4) is 0 Å². The number of carbonyl (C=O) groups excluding carboxylic acids is 4. The summed E-state index contributed by atoms with van der Waals surface area (Å²) in [5.74, 6) is -1.88. The molecule has 0 bridgehead atoms. The lowest BCUT2D eigenvalue weighted by atomic mass is 10.1. The van der Waals surface area contributed by atoms with Gasteiger partial charge in [0.25, 0.3) is 0 Å². The van der Waals surface area contributed by atoms with Gasteiger partial charge < -0.3 is 26.7 Å². The molecule has 0 fully saturated rings. The lowest BCUT2D eigenvalue weighted by molar-refractivity contribution is -0.154. The summed E-state index contributed by atoms with van der Waals surface area (Å²) >= 11 is 0. The van der Waals surface area contributed by atoms with Gasteiger partial charge in [-0.15, -0.1) is 0 Å². The van der Waals surface area contributed by atoms with E-state index in [4.69, 9.17) is 26.7 Å². The zero-order valence-electron chi connectivity index (χ0n) is 33.0. The zero-order valence-corrected chi connectivity index (χ0v) is 33.0. The van der Waals surface area contributed by atoms with Crippen LogP contribution in [0.2, 0.25) is 0 Å². The largest absolute Gasteiger partial charge is 0.459 e. The second kappa shape index (κ2) is 30.4. The SMILES string of the molecule is CC.CC.CC(C)(C)OC(=O)CN.CC(C)(C)OC(=O)CN.CCCCC.Nc1cc(C(F)(F)F)ccc1C=O.O=Cc1ccc(C(F)(F)F)cc1F. The number of esters is 2. The van der Waals surface area contributed by atoms with E-state index in [2.05, 4.69) is 13.8 Å². The Morgan fingerprint density at radius 1 is 0.642 bits per heavy atom. The fourth-order valence-electron chi connectivity index (χ4n) is 2.78. The number of rotatable bonds is 6. The van der Waals surface area contributed by atoms with Crippen LogP contribution in [0, 0.1) is 5.82 Å². The monoisotopic (exact) mass is 775 g/mol. The van der Waals surface area contributed by atoms with Crippen LogP contribution in [0.3, 0.4) is 0 Å². The number of carbonyl (C=O) groups is 4. The molecule has 2 aromatic carbocycles. The Morgan fingerprint density at radius 3 is 1.15 bits per heavy atom. The van der Waals surface area contributed by atoms with Gasteiger partial charge in [-0.3, -0.25) is 19.2 Å². The van der Waals surface area contributed by atoms with Crippen LogP contribution < -0.4 is 17.2 Å². The van der Waals surface area contributed by atoms with Gasteiger partial charge in [0.1, 0.15) is 17.0 Å². The number of nitrogen functional groups attached to an aromatic ring is 1. The fourth-order valence-corrected chi connectivity index (χ4v) is 2.78. The highest BCUT2D eigenvalue weighted by Crippen LogP contribution is 2.31. The van der Waals surface area contributed by atoms with Crippen molar-refractivity contribution in [2.75, 3.05) is 18.8 Å². The van der Waals surface area contributed by atoms with Gasteiger partial charge in [0.15, 0.2) is 12.6 Å². The van der Waals surface area contributed by atoms with Crippen LogP contribution in [0.25, 0.3) is 0 Å². The van der Waals surface area contributed by atoms with Gasteiger partial charge in [-0.25, -0.2) is 4.39 Å². The first-order valence-electron chi connectivity index (χ1n) is 16.8. The quantitative estimate of drug-likeness (QED) is 0.112. The summed E-state index contributed by atoms with van der Waals surface area (Å²) in [5, 5.41) is 0. The molecule has 0 unspecified atom stereocenters. The number of anilines is 1. The Kier molecular flexibility index (Phi) is 33.4. The molecule has 6 N–H and O–H groups in total. The molecule has 0 aromatic heterocycles. The Morgan fingerprint density at radius 2 is 0.962 bits per heavy atom. The molecule has 53 heavy (non-hydrogen) atoms. The lowest BCUT2D eigenvalue weighted by Crippen LogP contribution is -2.28. The van der Waals surface area contributed by atoms with E-state index in [1.807, 2.05) is 27.7 Å². The molecule has 9 nitrogen and oxygen atoms in total. The average Bonchev–Trinajstić information content (AvgIpc) is 3.05. The summed E-state index contributed by atoms with van der Waals surface area (Å²) in [6.07, 6.45) is -4.35. The molecule has 0 amide bonds. The lowest BCUT2D eigenvalue weighted by Gasteiger charge is -2.18. The summed E-state index contributed by atoms with van der Waals surface area (Å²) < 4.78 is 94.3. The number of ether oxygens (including phenoxy) is 2. The van der Waals surface area contributed by atoms with Crippen LogP contribution in [0.5, 0.6) is 0 Å². The summed E-state index contributed by atoms with van der Waals surface area (Å²) in [7, 11) is 0. The van der Waals surface area contributed by atoms with Gasteiger partial charge >= 0.3 is 24.3 Å². The molecule has 0 saturated heterocycles. The Hall–Kier alpha value is -4.05. The first-order chi connectivity index (χ1) is 24.2. The van der Waals surface area contributed by atoms with Crippen LogP contribution in [0.1, 0.15) is 134 Å². The second-order valence-electron chi connectivity index (χ2n) is 11.7. The minimum Gasteiger partial charge on any atom is -0.459 e. The van der Waals surface area contributed by atoms with Crippen LogP contribution in [-0.4, -0.2) is 48.8 Å². The average molecular weight is 776 g/mol. The number of alkyl halides is 6. The molecule has 0 aliphatic heterocycles. The van der Waals surface area contributed by atoms with E-state index in [0.29, 0.717) is 18.4 Å². The first kappa shape index (κ1) is 58.3. The number of halogens is 7. The van der Waals surface area contributed by atoms with Crippen molar-refractivity contribution in [1.29, 1.82) is 0 Å². The van der Waals surface area contributed by atoms with Crippen LogP contribution in [0.4, 0.5) is 36.4 Å². The van der Waals surface area contributed by atoms with Gasteiger partial charge in [-0.05, 0) is 77.9 Å². The van der Waals surface area contributed by atoms with Crippen molar-refractivity contribution in [3.63, 3.8) is 0 Å². The van der Waals surface area contributed by atoms with Crippen molar-refractivity contribution >= 4 is 30.2 Å². The summed E-state index contributed by atoms with van der Waals surface area (Å²) in [5.41, 5.74) is 12.0. The van der Waals surface area contributed by atoms with Crippen LogP contribution >= 0.6 is 0 Å². The zero-order chi connectivity index (χ0) is 43.2. The molecule has 0 saturated carbocycles. The highest BCUT2D eigenvalue weighted by atomic mass is 19.4. The Balaban J connectivity index is -0.000000182. The number of nitrogens with two attached hydrogens (primary N) is 3. The Labute approximate surface area is 310 Å². The maximum atomic E-state index is 12.6. The van der Waals surface area contributed by atoms with E-state index >= 15 is 0 Å². The molecule has 0 atom stereocenters. The third-order valence-corrected chi connectivity index (χ3v) is 4.88. The third kappa shape index (κ3) is 34.8. The van der Waals surface area contributed by atoms with Crippen molar-refractivity contribution in [3.05, 3.63) is 64.5 Å². The molecule has 2 rings (SSSR count). The minimum absolute atomic E-state index is 0.0444. The van der Waals surface area contributed by atoms with Crippen molar-refractivity contribution in [1.82, 2.24) is 0 Å². The van der Waals surface area contributed by atoms with Gasteiger partial charge in [0.05, 0.1) is 29.8 Å². The predicted molar refractivity (Wildman–Crippen MR) is 196 cm³/mol. The molecule has 0 spiro atoms. The molecule has 0 aliphatic carbocycles. The fraction of sp³-hybridized carbons (Fsp3) is 0.568.